The average Bonchev–Trinajstić information content (AvgIpc) is 2.64. The Morgan fingerprint density at radius 3 is 3.12 bits per heavy atom. The number of pyridine rings is 1. The van der Waals surface area contributed by atoms with Gasteiger partial charge in [-0.3, -0.25) is 9.69 Å². The molecule has 2 aromatic heterocycles. The molecule has 3 rings (SSSR count). The van der Waals surface area contributed by atoms with Gasteiger partial charge in [-0.1, -0.05) is 6.07 Å². The fraction of sp³-hybridized carbons (Fsp3) is 0.471. The number of morpholine rings is 1. The van der Waals surface area contributed by atoms with Crippen LogP contribution in [0.1, 0.15) is 5.56 Å². The third-order valence-electron chi connectivity index (χ3n) is 4.17. The van der Waals surface area contributed by atoms with Crippen molar-refractivity contribution in [2.75, 3.05) is 38.7 Å². The summed E-state index contributed by atoms with van der Waals surface area (Å²) in [6.45, 7) is 3.54. The fourth-order valence-electron chi connectivity index (χ4n) is 2.85. The number of nitrogens with one attached hydrogen (secondary N) is 1. The van der Waals surface area contributed by atoms with E-state index in [-0.39, 0.29) is 11.7 Å². The predicted molar refractivity (Wildman–Crippen MR) is 93.8 cm³/mol. The van der Waals surface area contributed by atoms with Gasteiger partial charge in [0, 0.05) is 57.4 Å². The molecule has 0 aliphatic carbocycles. The molecule has 2 aromatic rings. The summed E-state index contributed by atoms with van der Waals surface area (Å²) in [5, 5.41) is 3.10. The van der Waals surface area contributed by atoms with Gasteiger partial charge in [-0.05, 0) is 6.07 Å². The Morgan fingerprint density at radius 2 is 2.28 bits per heavy atom. The van der Waals surface area contributed by atoms with E-state index in [1.54, 1.807) is 32.7 Å². The number of hydrogen-bond acceptors (Lipinski definition) is 7. The van der Waals surface area contributed by atoms with Crippen molar-refractivity contribution in [3.05, 3.63) is 46.6 Å². The molecule has 0 saturated carbocycles. The Morgan fingerprint density at radius 1 is 1.40 bits per heavy atom. The molecule has 0 bridgehead atoms. The molecule has 25 heavy (non-hydrogen) atoms. The normalized spacial score (nSPS) is 18.1. The molecule has 1 saturated heterocycles. The smallest absolute Gasteiger partial charge is 0.293 e. The first-order valence-corrected chi connectivity index (χ1v) is 8.24. The van der Waals surface area contributed by atoms with Gasteiger partial charge in [0.15, 0.2) is 5.82 Å². The molecule has 1 unspecified atom stereocenters. The summed E-state index contributed by atoms with van der Waals surface area (Å²) in [5.74, 6) is 1.00. The molecule has 134 valence electrons. The van der Waals surface area contributed by atoms with E-state index in [9.17, 15) is 4.79 Å². The predicted octanol–water partition coefficient (Wildman–Crippen LogP) is 0.497. The van der Waals surface area contributed by atoms with Crippen molar-refractivity contribution < 1.29 is 9.47 Å². The van der Waals surface area contributed by atoms with Crippen LogP contribution in [0.4, 0.5) is 5.82 Å². The van der Waals surface area contributed by atoms with Crippen LogP contribution in [0.25, 0.3) is 0 Å². The lowest BCUT2D eigenvalue weighted by Gasteiger charge is -2.33. The minimum absolute atomic E-state index is 0.0110. The molecular weight excluding hydrogens is 322 g/mol. The summed E-state index contributed by atoms with van der Waals surface area (Å²) in [4.78, 5) is 22.6. The number of rotatable bonds is 6. The van der Waals surface area contributed by atoms with Crippen LogP contribution in [0, 0.1) is 0 Å². The molecule has 0 radical (unpaired) electrons. The Bertz CT molecular complexity index is 764. The zero-order chi connectivity index (χ0) is 17.6. The third-order valence-corrected chi connectivity index (χ3v) is 4.17. The first-order valence-electron chi connectivity index (χ1n) is 8.24. The molecular formula is C17H23N5O3. The van der Waals surface area contributed by atoms with Crippen LogP contribution in [0.3, 0.4) is 0 Å². The van der Waals surface area contributed by atoms with Crippen molar-refractivity contribution in [1.82, 2.24) is 19.4 Å². The second-order valence-corrected chi connectivity index (χ2v) is 5.97. The van der Waals surface area contributed by atoms with Crippen molar-refractivity contribution in [3.8, 4) is 5.88 Å². The van der Waals surface area contributed by atoms with Gasteiger partial charge in [0.1, 0.15) is 0 Å². The molecule has 1 aliphatic rings. The lowest BCUT2D eigenvalue weighted by atomic mass is 10.2. The molecule has 0 spiro atoms. The standard InChI is InChI=1S/C17H23N5O3/c1-21-7-6-18-15(17(21)23)20-10-14-12-22(8-9-25-14)11-13-4-3-5-19-16(13)24-2/h3-7,14H,8-12H2,1-2H3,(H,18,20). The van der Waals surface area contributed by atoms with Crippen molar-refractivity contribution in [2.45, 2.75) is 12.6 Å². The second kappa shape index (κ2) is 8.09. The van der Waals surface area contributed by atoms with Gasteiger partial charge in [0.05, 0.1) is 19.8 Å². The summed E-state index contributed by atoms with van der Waals surface area (Å²) in [7, 11) is 3.33. The average molecular weight is 345 g/mol. The summed E-state index contributed by atoms with van der Waals surface area (Å²) in [5.41, 5.74) is 0.910. The molecule has 3 heterocycles. The minimum atomic E-state index is -0.143. The number of hydrogen-bond donors (Lipinski definition) is 1. The van der Waals surface area contributed by atoms with Crippen molar-refractivity contribution in [1.29, 1.82) is 0 Å². The van der Waals surface area contributed by atoms with Crippen LogP contribution < -0.4 is 15.6 Å². The number of aryl methyl sites for hydroxylation is 1. The van der Waals surface area contributed by atoms with Gasteiger partial charge in [-0.2, -0.15) is 0 Å². The lowest BCUT2D eigenvalue weighted by molar-refractivity contribution is -0.0243. The van der Waals surface area contributed by atoms with E-state index in [4.69, 9.17) is 9.47 Å². The van der Waals surface area contributed by atoms with Crippen LogP contribution >= 0.6 is 0 Å². The maximum absolute atomic E-state index is 12.0. The largest absolute Gasteiger partial charge is 0.481 e. The third kappa shape index (κ3) is 4.34. The van der Waals surface area contributed by atoms with Crippen molar-refractivity contribution in [2.24, 2.45) is 7.05 Å². The quantitative estimate of drug-likeness (QED) is 0.816. The van der Waals surface area contributed by atoms with Gasteiger partial charge in [-0.15, -0.1) is 0 Å². The second-order valence-electron chi connectivity index (χ2n) is 5.97. The van der Waals surface area contributed by atoms with Crippen LogP contribution in [-0.2, 0) is 18.3 Å². The van der Waals surface area contributed by atoms with Gasteiger partial charge < -0.3 is 19.4 Å². The number of aromatic nitrogens is 3. The first kappa shape index (κ1) is 17.4. The van der Waals surface area contributed by atoms with Crippen LogP contribution in [-0.4, -0.2) is 58.9 Å². The van der Waals surface area contributed by atoms with E-state index < -0.39 is 0 Å². The maximum atomic E-state index is 12.0. The summed E-state index contributed by atoms with van der Waals surface area (Å²) >= 11 is 0. The van der Waals surface area contributed by atoms with Crippen molar-refractivity contribution in [3.63, 3.8) is 0 Å². The van der Waals surface area contributed by atoms with Gasteiger partial charge in [0.25, 0.3) is 5.56 Å². The van der Waals surface area contributed by atoms with Crippen LogP contribution in [0.15, 0.2) is 35.5 Å². The monoisotopic (exact) mass is 345 g/mol. The van der Waals surface area contributed by atoms with E-state index in [2.05, 4.69) is 20.2 Å². The van der Waals surface area contributed by atoms with E-state index in [0.717, 1.165) is 25.2 Å². The molecule has 1 atom stereocenters. The Hall–Kier alpha value is -2.45. The zero-order valence-corrected chi connectivity index (χ0v) is 14.5. The topological polar surface area (TPSA) is 81.5 Å². The fourth-order valence-corrected chi connectivity index (χ4v) is 2.85. The number of anilines is 1. The van der Waals surface area contributed by atoms with E-state index in [1.807, 2.05) is 12.1 Å². The Labute approximate surface area is 146 Å². The number of methoxy groups -OCH3 is 1. The highest BCUT2D eigenvalue weighted by Gasteiger charge is 2.22. The lowest BCUT2D eigenvalue weighted by Crippen LogP contribution is -2.45. The zero-order valence-electron chi connectivity index (χ0n) is 14.5. The van der Waals surface area contributed by atoms with Gasteiger partial charge in [-0.25, -0.2) is 9.97 Å². The molecule has 8 heteroatoms. The van der Waals surface area contributed by atoms with E-state index in [0.29, 0.717) is 24.8 Å². The highest BCUT2D eigenvalue weighted by molar-refractivity contribution is 5.30. The summed E-state index contributed by atoms with van der Waals surface area (Å²) in [6, 6.07) is 3.93. The van der Waals surface area contributed by atoms with E-state index in [1.165, 1.54) is 4.57 Å². The van der Waals surface area contributed by atoms with E-state index >= 15 is 0 Å². The molecule has 8 nitrogen and oxygen atoms in total. The van der Waals surface area contributed by atoms with Gasteiger partial charge >= 0.3 is 0 Å². The Balaban J connectivity index is 1.58. The molecule has 1 fully saturated rings. The molecule has 0 aromatic carbocycles. The Kier molecular flexibility index (Phi) is 5.62. The highest BCUT2D eigenvalue weighted by Crippen LogP contribution is 2.18. The van der Waals surface area contributed by atoms with Gasteiger partial charge in [0.2, 0.25) is 5.88 Å². The van der Waals surface area contributed by atoms with Crippen LogP contribution in [0.2, 0.25) is 0 Å². The highest BCUT2D eigenvalue weighted by atomic mass is 16.5. The molecule has 1 N–H and O–H groups in total. The molecule has 0 amide bonds. The number of nitrogens with zero attached hydrogens (tertiary/aromatic N) is 4. The molecule has 1 aliphatic heterocycles. The van der Waals surface area contributed by atoms with Crippen molar-refractivity contribution >= 4 is 5.82 Å². The summed E-state index contributed by atoms with van der Waals surface area (Å²) < 4.78 is 12.6. The minimum Gasteiger partial charge on any atom is -0.481 e. The number of ether oxygens (including phenoxy) is 2. The first-order chi connectivity index (χ1) is 12.2. The SMILES string of the molecule is COc1ncccc1CN1CCOC(CNc2nccn(C)c2=O)C1. The van der Waals surface area contributed by atoms with Crippen LogP contribution in [0.5, 0.6) is 5.88 Å². The maximum Gasteiger partial charge on any atom is 0.293 e. The summed E-state index contributed by atoms with van der Waals surface area (Å²) in [6.07, 6.45) is 4.95.